The number of aryl methyl sites for hydroxylation is 2. The van der Waals surface area contributed by atoms with Gasteiger partial charge in [0.05, 0.1) is 11.4 Å². The zero-order valence-electron chi connectivity index (χ0n) is 23.7. The van der Waals surface area contributed by atoms with Gasteiger partial charge >= 0.3 is 0 Å². The average Bonchev–Trinajstić information content (AvgIpc) is 2.95. The molecule has 12 heteroatoms. The molecule has 0 atom stereocenters. The Morgan fingerprint density at radius 1 is 0.756 bits per heavy atom. The maximum absolute atomic E-state index is 12.5. The third-order valence-electron chi connectivity index (χ3n) is 6.04. The lowest BCUT2D eigenvalue weighted by atomic mass is 10.2. The van der Waals surface area contributed by atoms with Crippen LogP contribution in [-0.4, -0.2) is 42.2 Å². The number of aromatic nitrogens is 3. The molecule has 0 unspecified atom stereocenters. The summed E-state index contributed by atoms with van der Waals surface area (Å²) >= 11 is 2.82. The summed E-state index contributed by atoms with van der Waals surface area (Å²) in [6, 6.07) is 21.6. The second kappa shape index (κ2) is 13.9. The molecule has 0 aliphatic carbocycles. The number of azo groups is 1. The molecule has 1 N–H and O–H groups in total. The lowest BCUT2D eigenvalue weighted by Gasteiger charge is -2.22. The number of hydrogen-bond donors (Lipinski definition) is 1. The number of sulfonamides is 1. The minimum atomic E-state index is -3.54. The summed E-state index contributed by atoms with van der Waals surface area (Å²) in [6.07, 6.45) is 0. The van der Waals surface area contributed by atoms with Crippen molar-refractivity contribution in [1.29, 1.82) is 0 Å². The van der Waals surface area contributed by atoms with Crippen LogP contribution in [0.3, 0.4) is 0 Å². The van der Waals surface area contributed by atoms with Crippen LogP contribution in [0.4, 0.5) is 23.0 Å². The second-order valence-corrected chi connectivity index (χ2v) is 13.2. The van der Waals surface area contributed by atoms with Crippen molar-refractivity contribution in [3.05, 3.63) is 77.9 Å². The van der Waals surface area contributed by atoms with Crippen LogP contribution >= 0.6 is 23.5 Å². The van der Waals surface area contributed by atoms with E-state index in [9.17, 15) is 8.42 Å². The number of nitrogens with one attached hydrogen (secondary N) is 1. The molecule has 4 rings (SSSR count). The van der Waals surface area contributed by atoms with Gasteiger partial charge in [0.2, 0.25) is 10.0 Å². The van der Waals surface area contributed by atoms with E-state index in [-0.39, 0.29) is 11.7 Å². The van der Waals surface area contributed by atoms with Crippen LogP contribution in [-0.2, 0) is 10.0 Å². The summed E-state index contributed by atoms with van der Waals surface area (Å²) in [5, 5.41) is 9.67. The summed E-state index contributed by atoms with van der Waals surface area (Å²) in [7, 11) is -3.54. The normalized spacial score (nSPS) is 11.6. The van der Waals surface area contributed by atoms with Gasteiger partial charge in [-0.3, -0.25) is 4.72 Å². The van der Waals surface area contributed by atoms with E-state index in [2.05, 4.69) is 34.8 Å². The SMILES string of the molecule is CCN(CC)c1ccc(N=Nc2nc(Sc3ccc(C)cc3)nc(Sc3ccc(C)cc3)n2)c(NS(=O)(=O)CC)c1. The molecule has 0 bridgehead atoms. The molecule has 4 aromatic rings. The van der Waals surface area contributed by atoms with Crippen LogP contribution in [0.25, 0.3) is 0 Å². The highest BCUT2D eigenvalue weighted by atomic mass is 32.2. The largest absolute Gasteiger partial charge is 0.372 e. The predicted molar refractivity (Wildman–Crippen MR) is 168 cm³/mol. The maximum atomic E-state index is 12.5. The van der Waals surface area contributed by atoms with Gasteiger partial charge in [-0.1, -0.05) is 35.4 Å². The first kappa shape index (κ1) is 30.5. The van der Waals surface area contributed by atoms with Crippen molar-refractivity contribution in [1.82, 2.24) is 15.0 Å². The number of benzene rings is 3. The van der Waals surface area contributed by atoms with Crippen LogP contribution in [0.5, 0.6) is 0 Å². The van der Waals surface area contributed by atoms with Crippen molar-refractivity contribution >= 4 is 56.6 Å². The van der Waals surface area contributed by atoms with Gasteiger partial charge in [0.15, 0.2) is 10.3 Å². The lowest BCUT2D eigenvalue weighted by Crippen LogP contribution is -2.22. The maximum Gasteiger partial charge on any atom is 0.273 e. The molecule has 214 valence electrons. The average molecular weight is 608 g/mol. The zero-order valence-corrected chi connectivity index (χ0v) is 26.1. The standard InChI is InChI=1S/C29H33N7O2S3/c1-6-36(7-2)22-13-18-25(26(19-22)35-41(37,38)8-3)33-34-27-30-28(39-23-14-9-20(4)10-15-23)32-29(31-27)40-24-16-11-21(5)12-17-24/h9-19,35H,6-8H2,1-5H3. The third kappa shape index (κ3) is 8.75. The Morgan fingerprint density at radius 2 is 1.29 bits per heavy atom. The molecule has 9 nitrogen and oxygen atoms in total. The minimum Gasteiger partial charge on any atom is -0.372 e. The Balaban J connectivity index is 1.71. The first-order chi connectivity index (χ1) is 19.7. The van der Waals surface area contributed by atoms with Gasteiger partial charge in [0.25, 0.3) is 5.95 Å². The smallest absolute Gasteiger partial charge is 0.273 e. The van der Waals surface area contributed by atoms with Gasteiger partial charge < -0.3 is 4.90 Å². The molecule has 0 amide bonds. The number of nitrogens with zero attached hydrogens (tertiary/aromatic N) is 6. The topological polar surface area (TPSA) is 113 Å². The fourth-order valence-electron chi connectivity index (χ4n) is 3.70. The first-order valence-corrected chi connectivity index (χ1v) is 16.5. The Morgan fingerprint density at radius 3 is 1.78 bits per heavy atom. The molecular formula is C29H33N7O2S3. The van der Waals surface area contributed by atoms with Crippen LogP contribution in [0.2, 0.25) is 0 Å². The third-order valence-corrected chi connectivity index (χ3v) is 9.08. The molecular weight excluding hydrogens is 575 g/mol. The highest BCUT2D eigenvalue weighted by molar-refractivity contribution is 7.99. The summed E-state index contributed by atoms with van der Waals surface area (Å²) in [6.45, 7) is 11.3. The Hall–Kier alpha value is -3.48. The van der Waals surface area contributed by atoms with E-state index in [1.54, 1.807) is 19.1 Å². The fraction of sp³-hybridized carbons (Fsp3) is 0.276. The number of rotatable bonds is 12. The number of anilines is 2. The molecule has 0 aliphatic rings. The van der Waals surface area contributed by atoms with Gasteiger partial charge in [0.1, 0.15) is 5.69 Å². The minimum absolute atomic E-state index is 0.0638. The molecule has 0 saturated heterocycles. The molecule has 41 heavy (non-hydrogen) atoms. The van der Waals surface area contributed by atoms with Crippen LogP contribution in [0.15, 0.2) is 97.1 Å². The summed E-state index contributed by atoms with van der Waals surface area (Å²) < 4.78 is 27.6. The fourth-order valence-corrected chi connectivity index (χ4v) is 5.89. The predicted octanol–water partition coefficient (Wildman–Crippen LogP) is 7.81. The number of hydrogen-bond acceptors (Lipinski definition) is 10. The van der Waals surface area contributed by atoms with E-state index in [0.717, 1.165) is 39.7 Å². The molecule has 3 aromatic carbocycles. The van der Waals surface area contributed by atoms with Crippen molar-refractivity contribution in [2.75, 3.05) is 28.5 Å². The molecule has 0 spiro atoms. The van der Waals surface area contributed by atoms with Crippen molar-refractivity contribution in [2.45, 2.75) is 54.7 Å². The Labute approximate surface area is 250 Å². The van der Waals surface area contributed by atoms with E-state index in [0.29, 0.717) is 21.7 Å². The summed E-state index contributed by atoms with van der Waals surface area (Å²) in [5.41, 5.74) is 3.92. The first-order valence-electron chi connectivity index (χ1n) is 13.2. The Bertz CT molecular complexity index is 1540. The second-order valence-electron chi connectivity index (χ2n) is 9.11. The molecule has 1 heterocycles. The Kier molecular flexibility index (Phi) is 10.4. The van der Waals surface area contributed by atoms with Crippen molar-refractivity contribution < 1.29 is 8.42 Å². The van der Waals surface area contributed by atoms with Crippen LogP contribution in [0, 0.1) is 13.8 Å². The molecule has 1 aromatic heterocycles. The van der Waals surface area contributed by atoms with Gasteiger partial charge in [-0.25, -0.2) is 8.42 Å². The molecule has 0 radical (unpaired) electrons. The summed E-state index contributed by atoms with van der Waals surface area (Å²) in [4.78, 5) is 17.8. The van der Waals surface area contributed by atoms with Gasteiger partial charge in [-0.15, -0.1) is 10.2 Å². The van der Waals surface area contributed by atoms with Gasteiger partial charge in [-0.2, -0.15) is 15.0 Å². The van der Waals surface area contributed by atoms with E-state index < -0.39 is 10.0 Å². The van der Waals surface area contributed by atoms with Crippen LogP contribution < -0.4 is 9.62 Å². The van der Waals surface area contributed by atoms with Gasteiger partial charge in [-0.05, 0) is 101 Å². The van der Waals surface area contributed by atoms with Crippen molar-refractivity contribution in [3.63, 3.8) is 0 Å². The monoisotopic (exact) mass is 607 g/mol. The van der Waals surface area contributed by atoms with E-state index >= 15 is 0 Å². The quantitative estimate of drug-likeness (QED) is 0.162. The van der Waals surface area contributed by atoms with E-state index in [1.165, 1.54) is 23.5 Å². The highest BCUT2D eigenvalue weighted by Gasteiger charge is 2.15. The van der Waals surface area contributed by atoms with Crippen molar-refractivity contribution in [2.24, 2.45) is 10.2 Å². The summed E-state index contributed by atoms with van der Waals surface area (Å²) in [5.74, 6) is 0.0625. The molecule has 0 saturated carbocycles. The molecule has 0 fully saturated rings. The lowest BCUT2D eigenvalue weighted by molar-refractivity contribution is 0.602. The van der Waals surface area contributed by atoms with E-state index in [4.69, 9.17) is 0 Å². The van der Waals surface area contributed by atoms with Crippen molar-refractivity contribution in [3.8, 4) is 0 Å². The zero-order chi connectivity index (χ0) is 29.4. The molecule has 0 aliphatic heterocycles. The van der Waals surface area contributed by atoms with Gasteiger partial charge in [0, 0.05) is 28.6 Å². The van der Waals surface area contributed by atoms with Crippen LogP contribution in [0.1, 0.15) is 31.9 Å². The van der Waals surface area contributed by atoms with E-state index in [1.807, 2.05) is 82.3 Å². The highest BCUT2D eigenvalue weighted by Crippen LogP contribution is 2.34.